The molecule has 2 aromatic rings. The highest BCUT2D eigenvalue weighted by Gasteiger charge is 2.15. The van der Waals surface area contributed by atoms with Gasteiger partial charge in [-0.1, -0.05) is 35.9 Å². The molecule has 0 aromatic heterocycles. The Labute approximate surface area is 141 Å². The molecule has 2 N–H and O–H groups in total. The quantitative estimate of drug-likeness (QED) is 0.634. The van der Waals surface area contributed by atoms with Crippen molar-refractivity contribution in [3.8, 4) is 0 Å². The number of carbonyl (C=O) groups excluding carboxylic acids is 1. The van der Waals surface area contributed by atoms with E-state index in [9.17, 15) is 4.79 Å². The maximum atomic E-state index is 12.6. The fourth-order valence-electron chi connectivity index (χ4n) is 2.26. The van der Waals surface area contributed by atoms with Gasteiger partial charge in [0.1, 0.15) is 13.1 Å². The molecule has 2 rings (SSSR count). The van der Waals surface area contributed by atoms with E-state index < -0.39 is 0 Å². The third-order valence-corrected chi connectivity index (χ3v) is 3.65. The zero-order valence-corrected chi connectivity index (χ0v) is 13.9. The van der Waals surface area contributed by atoms with Crippen LogP contribution in [-0.2, 0) is 6.54 Å². The molecule has 0 spiro atoms. The van der Waals surface area contributed by atoms with E-state index >= 15 is 0 Å². The van der Waals surface area contributed by atoms with Crippen LogP contribution in [0.15, 0.2) is 48.5 Å². The number of halogens is 2. The lowest BCUT2D eigenvalue weighted by atomic mass is 9.98. The van der Waals surface area contributed by atoms with Crippen molar-refractivity contribution in [2.45, 2.75) is 6.54 Å². The van der Waals surface area contributed by atoms with Crippen LogP contribution >= 0.6 is 11.6 Å². The number of carbonyl (C=O) groups is 1. The Kier molecular flexibility index (Phi) is 7.56. The van der Waals surface area contributed by atoms with Gasteiger partial charge in [0.2, 0.25) is 0 Å². The lowest BCUT2D eigenvalue weighted by molar-refractivity contribution is -0.894. The van der Waals surface area contributed by atoms with Gasteiger partial charge in [0.25, 0.3) is 0 Å². The molecule has 0 aliphatic rings. The third kappa shape index (κ3) is 4.82. The number of aliphatic hydroxyl groups excluding tert-OH is 1. The first kappa shape index (κ1) is 18.7. The van der Waals surface area contributed by atoms with E-state index in [2.05, 4.69) is 0 Å². The number of quaternary nitrogens is 1. The minimum absolute atomic E-state index is 0. The molecule has 0 heterocycles. The molecule has 3 nitrogen and oxygen atoms in total. The normalized spacial score (nSPS) is 11.6. The molecule has 1 unspecified atom stereocenters. The predicted octanol–water partition coefficient (Wildman–Crippen LogP) is -1.42. The van der Waals surface area contributed by atoms with Gasteiger partial charge in [-0.2, -0.15) is 0 Å². The van der Waals surface area contributed by atoms with E-state index in [1.165, 1.54) is 0 Å². The van der Waals surface area contributed by atoms with E-state index in [0.717, 1.165) is 10.5 Å². The van der Waals surface area contributed by atoms with Gasteiger partial charge in [-0.3, -0.25) is 4.79 Å². The number of nitrogens with one attached hydrogen (secondary N) is 1. The van der Waals surface area contributed by atoms with Crippen molar-refractivity contribution in [1.82, 2.24) is 0 Å². The van der Waals surface area contributed by atoms with Crippen molar-refractivity contribution in [1.29, 1.82) is 0 Å². The van der Waals surface area contributed by atoms with Crippen molar-refractivity contribution in [2.75, 3.05) is 20.2 Å². The molecule has 0 aliphatic heterocycles. The molecule has 0 saturated carbocycles. The van der Waals surface area contributed by atoms with Crippen molar-refractivity contribution < 1.29 is 27.2 Å². The third-order valence-electron chi connectivity index (χ3n) is 3.40. The van der Waals surface area contributed by atoms with Gasteiger partial charge < -0.3 is 22.4 Å². The highest BCUT2D eigenvalue weighted by Crippen LogP contribution is 2.16. The molecule has 0 bridgehead atoms. The molecule has 0 amide bonds. The van der Waals surface area contributed by atoms with E-state index in [1.54, 1.807) is 24.3 Å². The van der Waals surface area contributed by atoms with E-state index in [0.29, 0.717) is 29.2 Å². The van der Waals surface area contributed by atoms with Gasteiger partial charge in [-0.15, -0.1) is 0 Å². The van der Waals surface area contributed by atoms with Gasteiger partial charge in [0.15, 0.2) is 5.78 Å². The first-order chi connectivity index (χ1) is 10.1. The largest absolute Gasteiger partial charge is 1.00 e. The van der Waals surface area contributed by atoms with Crippen LogP contribution in [0.5, 0.6) is 0 Å². The highest BCUT2D eigenvalue weighted by atomic mass is 35.5. The summed E-state index contributed by atoms with van der Waals surface area (Å²) < 4.78 is 0. The Morgan fingerprint density at radius 2 is 1.77 bits per heavy atom. The minimum atomic E-state index is -0.000866. The summed E-state index contributed by atoms with van der Waals surface area (Å²) in [6, 6.07) is 14.5. The average molecular weight is 340 g/mol. The summed E-state index contributed by atoms with van der Waals surface area (Å²) in [6.45, 7) is 1.50. The number of hydrogen-bond acceptors (Lipinski definition) is 2. The van der Waals surface area contributed by atoms with E-state index in [1.807, 2.05) is 31.3 Å². The first-order valence-corrected chi connectivity index (χ1v) is 7.30. The van der Waals surface area contributed by atoms with Crippen LogP contribution in [-0.4, -0.2) is 31.1 Å². The van der Waals surface area contributed by atoms with Gasteiger partial charge in [0.05, 0.1) is 13.7 Å². The molecule has 2 aromatic carbocycles. The van der Waals surface area contributed by atoms with Crippen LogP contribution < -0.4 is 17.3 Å². The summed E-state index contributed by atoms with van der Waals surface area (Å²) in [5, 5.41) is 9.61. The lowest BCUT2D eigenvalue weighted by Gasteiger charge is -2.15. The van der Waals surface area contributed by atoms with Crippen molar-refractivity contribution in [3.05, 3.63) is 70.2 Å². The Hall–Kier alpha value is -1.39. The Morgan fingerprint density at radius 1 is 1.14 bits per heavy atom. The highest BCUT2D eigenvalue weighted by molar-refractivity contribution is 6.30. The van der Waals surface area contributed by atoms with Gasteiger partial charge in [0, 0.05) is 21.7 Å². The molecule has 0 fully saturated rings. The maximum absolute atomic E-state index is 12.6. The fraction of sp³-hybridized carbons (Fsp3) is 0.235. The second-order valence-electron chi connectivity index (χ2n) is 5.10. The molecule has 118 valence electrons. The summed E-state index contributed by atoms with van der Waals surface area (Å²) in [7, 11) is 2.00. The topological polar surface area (TPSA) is 41.7 Å². The van der Waals surface area contributed by atoms with E-state index in [4.69, 9.17) is 16.7 Å². The van der Waals surface area contributed by atoms with E-state index in [-0.39, 0.29) is 24.8 Å². The summed E-state index contributed by atoms with van der Waals surface area (Å²) >= 11 is 5.86. The van der Waals surface area contributed by atoms with Gasteiger partial charge in [-0.05, 0) is 24.3 Å². The van der Waals surface area contributed by atoms with Gasteiger partial charge in [-0.25, -0.2) is 0 Å². The van der Waals surface area contributed by atoms with Crippen molar-refractivity contribution in [3.63, 3.8) is 0 Å². The molecule has 1 atom stereocenters. The van der Waals surface area contributed by atoms with Crippen LogP contribution in [0, 0.1) is 0 Å². The van der Waals surface area contributed by atoms with Gasteiger partial charge >= 0.3 is 0 Å². The lowest BCUT2D eigenvalue weighted by Crippen LogP contribution is -3.08. The van der Waals surface area contributed by atoms with Crippen LogP contribution in [0.4, 0.5) is 0 Å². The number of aliphatic hydroxyl groups is 1. The van der Waals surface area contributed by atoms with Crippen molar-refractivity contribution in [2.24, 2.45) is 0 Å². The Balaban J connectivity index is 0.00000242. The number of rotatable bonds is 6. The molecular weight excluding hydrogens is 321 g/mol. The summed E-state index contributed by atoms with van der Waals surface area (Å²) in [5.74, 6) is -0.000866. The SMILES string of the molecule is C[NH+](CCO)Cc1ccccc1C(=O)c1ccc(Cl)cc1.[Cl-]. The van der Waals surface area contributed by atoms with Crippen LogP contribution in [0.3, 0.4) is 0 Å². The molecule has 0 aliphatic carbocycles. The zero-order valence-electron chi connectivity index (χ0n) is 12.4. The monoisotopic (exact) mass is 339 g/mol. The van der Waals surface area contributed by atoms with Crippen LogP contribution in [0.25, 0.3) is 0 Å². The van der Waals surface area contributed by atoms with Crippen molar-refractivity contribution >= 4 is 17.4 Å². The second kappa shape index (κ2) is 8.91. The second-order valence-corrected chi connectivity index (χ2v) is 5.54. The predicted molar refractivity (Wildman–Crippen MR) is 83.9 cm³/mol. The number of hydrogen-bond donors (Lipinski definition) is 2. The first-order valence-electron chi connectivity index (χ1n) is 6.92. The standard InChI is InChI=1S/C17H18ClNO2.ClH/c1-19(10-11-20)12-14-4-2-3-5-16(14)17(21)13-6-8-15(18)9-7-13;/h2-9,20H,10-12H2,1H3;1H. The summed E-state index contributed by atoms with van der Waals surface area (Å²) in [4.78, 5) is 13.8. The molecule has 0 radical (unpaired) electrons. The smallest absolute Gasteiger partial charge is 0.193 e. The molecular formula is C17H19Cl2NO2. The Morgan fingerprint density at radius 3 is 2.41 bits per heavy atom. The average Bonchev–Trinajstić information content (AvgIpc) is 2.48. The minimum Gasteiger partial charge on any atom is -1.00 e. The number of benzene rings is 2. The number of ketones is 1. The zero-order chi connectivity index (χ0) is 15.2. The Bertz CT molecular complexity index is 614. The fourth-order valence-corrected chi connectivity index (χ4v) is 2.38. The molecule has 0 saturated heterocycles. The maximum Gasteiger partial charge on any atom is 0.193 e. The summed E-state index contributed by atoms with van der Waals surface area (Å²) in [6.07, 6.45) is 0. The summed E-state index contributed by atoms with van der Waals surface area (Å²) in [5.41, 5.74) is 2.33. The molecule has 5 heteroatoms. The van der Waals surface area contributed by atoms with Crippen LogP contribution in [0.1, 0.15) is 21.5 Å². The molecule has 22 heavy (non-hydrogen) atoms. The van der Waals surface area contributed by atoms with Crippen LogP contribution in [0.2, 0.25) is 5.02 Å². The number of likely N-dealkylation sites (N-methyl/N-ethyl adjacent to an activating group) is 1.